The van der Waals surface area contributed by atoms with Crippen LogP contribution in [0.2, 0.25) is 0 Å². The number of nitrogens with one attached hydrogen (secondary N) is 1. The molecular formula is C16H15NO3S. The van der Waals surface area contributed by atoms with Gasteiger partial charge >= 0.3 is 6.09 Å². The molecule has 0 aliphatic rings. The van der Waals surface area contributed by atoms with Gasteiger partial charge in [0.25, 0.3) is 0 Å². The second-order valence-electron chi connectivity index (χ2n) is 4.25. The average Bonchev–Trinajstić information content (AvgIpc) is 2.98. The minimum Gasteiger partial charge on any atom is -0.445 e. The van der Waals surface area contributed by atoms with E-state index in [0.29, 0.717) is 12.1 Å². The maximum absolute atomic E-state index is 11.5. The molecule has 1 aromatic heterocycles. The van der Waals surface area contributed by atoms with Crippen molar-refractivity contribution in [3.63, 3.8) is 0 Å². The lowest BCUT2D eigenvalue weighted by molar-refractivity contribution is 0.112. The van der Waals surface area contributed by atoms with Crippen molar-refractivity contribution in [2.24, 2.45) is 0 Å². The van der Waals surface area contributed by atoms with Gasteiger partial charge in [-0.2, -0.15) is 11.3 Å². The fraction of sp³-hybridized carbons (Fsp3) is 0.125. The SMILES string of the molecule is O=Cc1cscc1C=CCNC(=O)OCc1ccccc1. The molecule has 108 valence electrons. The maximum Gasteiger partial charge on any atom is 0.407 e. The van der Waals surface area contributed by atoms with Crippen LogP contribution in [0.4, 0.5) is 4.79 Å². The fourth-order valence-electron chi connectivity index (χ4n) is 1.65. The summed E-state index contributed by atoms with van der Waals surface area (Å²) >= 11 is 1.47. The van der Waals surface area contributed by atoms with Gasteiger partial charge in [0.05, 0.1) is 0 Å². The normalized spacial score (nSPS) is 10.5. The number of carbonyl (C=O) groups excluding carboxylic acids is 2. The van der Waals surface area contributed by atoms with Gasteiger partial charge in [0.2, 0.25) is 0 Å². The topological polar surface area (TPSA) is 55.4 Å². The summed E-state index contributed by atoms with van der Waals surface area (Å²) in [6, 6.07) is 9.48. The van der Waals surface area contributed by atoms with E-state index in [4.69, 9.17) is 4.74 Å². The molecule has 1 amide bonds. The Balaban J connectivity index is 1.71. The molecule has 1 heterocycles. The number of aldehydes is 1. The number of thiophene rings is 1. The highest BCUT2D eigenvalue weighted by molar-refractivity contribution is 7.08. The molecule has 0 radical (unpaired) electrons. The first-order valence-electron chi connectivity index (χ1n) is 6.42. The number of carbonyl (C=O) groups is 2. The number of hydrogen-bond acceptors (Lipinski definition) is 4. The molecule has 2 rings (SSSR count). The molecule has 0 unspecified atom stereocenters. The predicted molar refractivity (Wildman–Crippen MR) is 83.4 cm³/mol. The van der Waals surface area contributed by atoms with Crippen LogP contribution in [0, 0.1) is 0 Å². The minimum atomic E-state index is -0.468. The molecule has 1 aromatic carbocycles. The van der Waals surface area contributed by atoms with Gasteiger partial charge in [0.1, 0.15) is 6.61 Å². The van der Waals surface area contributed by atoms with Crippen molar-refractivity contribution in [3.05, 3.63) is 63.9 Å². The first-order valence-corrected chi connectivity index (χ1v) is 7.36. The van der Waals surface area contributed by atoms with E-state index in [0.717, 1.165) is 17.4 Å². The highest BCUT2D eigenvalue weighted by Gasteiger charge is 2.01. The van der Waals surface area contributed by atoms with E-state index in [2.05, 4.69) is 5.32 Å². The predicted octanol–water partition coefficient (Wildman–Crippen LogP) is 3.50. The molecule has 0 aliphatic heterocycles. The van der Waals surface area contributed by atoms with Gasteiger partial charge in [-0.25, -0.2) is 4.79 Å². The Hall–Kier alpha value is -2.40. The van der Waals surface area contributed by atoms with Gasteiger partial charge in [-0.1, -0.05) is 42.5 Å². The Kier molecular flexibility index (Phi) is 5.72. The number of hydrogen-bond donors (Lipinski definition) is 1. The summed E-state index contributed by atoms with van der Waals surface area (Å²) in [5.41, 5.74) is 2.45. The minimum absolute atomic E-state index is 0.246. The maximum atomic E-state index is 11.5. The van der Waals surface area contributed by atoms with Crippen molar-refractivity contribution in [2.45, 2.75) is 6.61 Å². The van der Waals surface area contributed by atoms with Crippen molar-refractivity contribution in [2.75, 3.05) is 6.54 Å². The molecule has 0 spiro atoms. The smallest absolute Gasteiger partial charge is 0.407 e. The van der Waals surface area contributed by atoms with Crippen LogP contribution in [0.15, 0.2) is 47.2 Å². The van der Waals surface area contributed by atoms with Gasteiger partial charge in [-0.05, 0) is 16.5 Å². The van der Waals surface area contributed by atoms with Gasteiger partial charge in [0.15, 0.2) is 6.29 Å². The molecule has 5 heteroatoms. The Bertz CT molecular complexity index is 619. The van der Waals surface area contributed by atoms with Crippen LogP contribution in [-0.4, -0.2) is 18.9 Å². The van der Waals surface area contributed by atoms with Crippen LogP contribution in [0.5, 0.6) is 0 Å². The Labute approximate surface area is 127 Å². The number of rotatable bonds is 6. The van der Waals surface area contributed by atoms with Gasteiger partial charge in [0, 0.05) is 17.5 Å². The second-order valence-corrected chi connectivity index (χ2v) is 4.99. The summed E-state index contributed by atoms with van der Waals surface area (Å²) in [5, 5.41) is 6.29. The molecule has 1 N–H and O–H groups in total. The summed E-state index contributed by atoms with van der Waals surface area (Å²) < 4.78 is 5.07. The third-order valence-corrected chi connectivity index (χ3v) is 3.50. The second kappa shape index (κ2) is 8.01. The zero-order valence-electron chi connectivity index (χ0n) is 11.3. The molecule has 0 atom stereocenters. The van der Waals surface area contributed by atoms with Crippen LogP contribution in [-0.2, 0) is 11.3 Å². The van der Waals surface area contributed by atoms with Crippen molar-refractivity contribution >= 4 is 29.8 Å². The molecule has 0 fully saturated rings. The van der Waals surface area contributed by atoms with Crippen molar-refractivity contribution in [1.29, 1.82) is 0 Å². The summed E-state index contributed by atoms with van der Waals surface area (Å²) in [5.74, 6) is 0. The van der Waals surface area contributed by atoms with E-state index in [1.54, 1.807) is 17.5 Å². The van der Waals surface area contributed by atoms with E-state index in [1.165, 1.54) is 11.3 Å². The Morgan fingerprint density at radius 2 is 1.95 bits per heavy atom. The van der Waals surface area contributed by atoms with E-state index in [1.807, 2.05) is 35.7 Å². The fourth-order valence-corrected chi connectivity index (χ4v) is 2.42. The van der Waals surface area contributed by atoms with Crippen LogP contribution in [0.25, 0.3) is 6.08 Å². The van der Waals surface area contributed by atoms with Crippen molar-refractivity contribution < 1.29 is 14.3 Å². The molecule has 0 saturated carbocycles. The molecular weight excluding hydrogens is 286 g/mol. The standard InChI is InChI=1S/C16H15NO3S/c18-9-15-12-21-11-14(15)7-4-8-17-16(19)20-10-13-5-2-1-3-6-13/h1-7,9,11-12H,8,10H2,(H,17,19). The quantitative estimate of drug-likeness (QED) is 0.831. The Morgan fingerprint density at radius 3 is 2.71 bits per heavy atom. The van der Waals surface area contributed by atoms with Crippen LogP contribution >= 0.6 is 11.3 Å². The summed E-state index contributed by atoms with van der Waals surface area (Å²) in [6.45, 7) is 0.595. The molecule has 2 aromatic rings. The van der Waals surface area contributed by atoms with Crippen molar-refractivity contribution in [1.82, 2.24) is 5.32 Å². The van der Waals surface area contributed by atoms with Gasteiger partial charge < -0.3 is 10.1 Å². The summed E-state index contributed by atoms with van der Waals surface area (Å²) in [7, 11) is 0. The summed E-state index contributed by atoms with van der Waals surface area (Å²) in [6.07, 6.45) is 3.93. The number of alkyl carbamates (subject to hydrolysis) is 1. The first kappa shape index (κ1) is 15.0. The lowest BCUT2D eigenvalue weighted by Crippen LogP contribution is -2.24. The van der Waals surface area contributed by atoms with Crippen LogP contribution in [0.3, 0.4) is 0 Å². The number of benzene rings is 1. The van der Waals surface area contributed by atoms with Gasteiger partial charge in [-0.15, -0.1) is 0 Å². The third-order valence-electron chi connectivity index (χ3n) is 2.72. The largest absolute Gasteiger partial charge is 0.445 e. The molecule has 4 nitrogen and oxygen atoms in total. The lowest BCUT2D eigenvalue weighted by Gasteiger charge is -2.05. The third kappa shape index (κ3) is 4.89. The van der Waals surface area contributed by atoms with Crippen molar-refractivity contribution in [3.8, 4) is 0 Å². The number of amides is 1. The average molecular weight is 301 g/mol. The molecule has 0 aliphatic carbocycles. The lowest BCUT2D eigenvalue weighted by atomic mass is 10.2. The molecule has 0 bridgehead atoms. The van der Waals surface area contributed by atoms with Crippen LogP contribution in [0.1, 0.15) is 21.5 Å². The Morgan fingerprint density at radius 1 is 1.19 bits per heavy atom. The molecule has 21 heavy (non-hydrogen) atoms. The molecule has 0 saturated heterocycles. The zero-order valence-corrected chi connectivity index (χ0v) is 12.1. The van der Waals surface area contributed by atoms with E-state index in [-0.39, 0.29) is 6.61 Å². The summed E-state index contributed by atoms with van der Waals surface area (Å²) in [4.78, 5) is 22.2. The van der Waals surface area contributed by atoms with Crippen LogP contribution < -0.4 is 5.32 Å². The first-order chi connectivity index (χ1) is 10.3. The highest BCUT2D eigenvalue weighted by atomic mass is 32.1. The van der Waals surface area contributed by atoms with Gasteiger partial charge in [-0.3, -0.25) is 4.79 Å². The van der Waals surface area contributed by atoms with E-state index in [9.17, 15) is 9.59 Å². The van der Waals surface area contributed by atoms with E-state index < -0.39 is 6.09 Å². The highest BCUT2D eigenvalue weighted by Crippen LogP contribution is 2.14. The monoisotopic (exact) mass is 301 g/mol. The zero-order chi connectivity index (χ0) is 14.9. The van der Waals surface area contributed by atoms with E-state index >= 15 is 0 Å². The number of ether oxygens (including phenoxy) is 1.